The number of hydrogen-bond donors (Lipinski definition) is 0. The maximum absolute atomic E-state index is 6.40. The standard InChI is InChI=1S/C16H25ClO/c1-3-4-5-6-7-11-15(17)13-14-10-8-9-12-16(14)18-2/h8-10,12,15H,3-7,11,13H2,1-2H3. The summed E-state index contributed by atoms with van der Waals surface area (Å²) >= 11 is 6.40. The van der Waals surface area contributed by atoms with Crippen molar-refractivity contribution in [3.63, 3.8) is 0 Å². The maximum Gasteiger partial charge on any atom is 0.122 e. The van der Waals surface area contributed by atoms with Gasteiger partial charge in [-0.3, -0.25) is 0 Å². The molecular weight excluding hydrogens is 244 g/mol. The molecule has 0 aliphatic heterocycles. The number of hydrogen-bond acceptors (Lipinski definition) is 1. The number of ether oxygens (including phenoxy) is 1. The number of para-hydroxylation sites is 1. The Morgan fingerprint density at radius 2 is 1.83 bits per heavy atom. The number of alkyl halides is 1. The van der Waals surface area contributed by atoms with Gasteiger partial charge in [-0.15, -0.1) is 11.6 Å². The zero-order chi connectivity index (χ0) is 13.2. The predicted octanol–water partition coefficient (Wildman–Crippen LogP) is 5.21. The molecular formula is C16H25ClO. The third-order valence-corrected chi connectivity index (χ3v) is 3.63. The van der Waals surface area contributed by atoms with Crippen molar-refractivity contribution in [3.8, 4) is 5.75 Å². The van der Waals surface area contributed by atoms with Crippen LogP contribution in [0.4, 0.5) is 0 Å². The molecule has 102 valence electrons. The summed E-state index contributed by atoms with van der Waals surface area (Å²) in [5, 5.41) is 0.225. The lowest BCUT2D eigenvalue weighted by Gasteiger charge is -2.12. The molecule has 0 aliphatic rings. The number of methoxy groups -OCH3 is 1. The van der Waals surface area contributed by atoms with Gasteiger partial charge in [-0.1, -0.05) is 57.2 Å². The van der Waals surface area contributed by atoms with E-state index in [-0.39, 0.29) is 5.38 Å². The van der Waals surface area contributed by atoms with Crippen molar-refractivity contribution < 1.29 is 4.74 Å². The molecule has 0 aliphatic carbocycles. The minimum Gasteiger partial charge on any atom is -0.496 e. The second-order valence-electron chi connectivity index (χ2n) is 4.82. The first kappa shape index (κ1) is 15.4. The minimum absolute atomic E-state index is 0.225. The van der Waals surface area contributed by atoms with Crippen LogP contribution in [0.25, 0.3) is 0 Å². The number of benzene rings is 1. The molecule has 1 unspecified atom stereocenters. The summed E-state index contributed by atoms with van der Waals surface area (Å²) in [7, 11) is 1.72. The first-order valence-electron chi connectivity index (χ1n) is 7.04. The number of rotatable bonds is 9. The van der Waals surface area contributed by atoms with Crippen LogP contribution in [0.5, 0.6) is 5.75 Å². The van der Waals surface area contributed by atoms with Gasteiger partial charge in [0.05, 0.1) is 7.11 Å². The Balaban J connectivity index is 2.28. The van der Waals surface area contributed by atoms with Crippen LogP contribution in [-0.2, 0) is 6.42 Å². The van der Waals surface area contributed by atoms with Gasteiger partial charge in [0, 0.05) is 5.38 Å². The lowest BCUT2D eigenvalue weighted by molar-refractivity contribution is 0.409. The fourth-order valence-corrected chi connectivity index (χ4v) is 2.50. The second-order valence-corrected chi connectivity index (χ2v) is 5.43. The van der Waals surface area contributed by atoms with E-state index in [1.807, 2.05) is 18.2 Å². The molecule has 2 heteroatoms. The third-order valence-electron chi connectivity index (χ3n) is 3.25. The van der Waals surface area contributed by atoms with E-state index in [2.05, 4.69) is 13.0 Å². The van der Waals surface area contributed by atoms with Crippen LogP contribution in [0.2, 0.25) is 0 Å². The van der Waals surface area contributed by atoms with Gasteiger partial charge >= 0.3 is 0 Å². The number of unbranched alkanes of at least 4 members (excludes halogenated alkanes) is 4. The molecule has 1 atom stereocenters. The Hall–Kier alpha value is -0.690. The van der Waals surface area contributed by atoms with Crippen LogP contribution in [-0.4, -0.2) is 12.5 Å². The molecule has 0 N–H and O–H groups in total. The topological polar surface area (TPSA) is 9.23 Å². The summed E-state index contributed by atoms with van der Waals surface area (Å²) in [5.41, 5.74) is 1.22. The SMILES string of the molecule is CCCCCCCC(Cl)Cc1ccccc1OC. The van der Waals surface area contributed by atoms with E-state index in [4.69, 9.17) is 16.3 Å². The highest BCUT2D eigenvalue weighted by Crippen LogP contribution is 2.22. The van der Waals surface area contributed by atoms with Gasteiger partial charge in [0.1, 0.15) is 5.75 Å². The summed E-state index contributed by atoms with van der Waals surface area (Å²) in [6, 6.07) is 8.14. The molecule has 0 saturated heterocycles. The lowest BCUT2D eigenvalue weighted by atomic mass is 10.0. The van der Waals surface area contributed by atoms with Crippen molar-refractivity contribution in [1.82, 2.24) is 0 Å². The second kappa shape index (κ2) is 9.27. The van der Waals surface area contributed by atoms with E-state index < -0.39 is 0 Å². The van der Waals surface area contributed by atoms with Crippen LogP contribution in [0, 0.1) is 0 Å². The Morgan fingerprint density at radius 1 is 1.11 bits per heavy atom. The van der Waals surface area contributed by atoms with Gasteiger partial charge in [0.25, 0.3) is 0 Å². The lowest BCUT2D eigenvalue weighted by Crippen LogP contribution is -2.04. The zero-order valence-electron chi connectivity index (χ0n) is 11.6. The van der Waals surface area contributed by atoms with Crippen LogP contribution < -0.4 is 4.74 Å². The van der Waals surface area contributed by atoms with Crippen molar-refractivity contribution in [2.45, 2.75) is 57.2 Å². The Labute approximate surface area is 116 Å². The predicted molar refractivity (Wildman–Crippen MR) is 79.7 cm³/mol. The highest BCUT2D eigenvalue weighted by atomic mass is 35.5. The first-order valence-corrected chi connectivity index (χ1v) is 7.47. The van der Waals surface area contributed by atoms with E-state index in [1.165, 1.54) is 37.7 Å². The molecule has 0 bridgehead atoms. The Morgan fingerprint density at radius 3 is 2.56 bits per heavy atom. The fourth-order valence-electron chi connectivity index (χ4n) is 2.18. The van der Waals surface area contributed by atoms with Gasteiger partial charge in [-0.05, 0) is 24.5 Å². The molecule has 0 aromatic heterocycles. The molecule has 1 aromatic rings. The average Bonchev–Trinajstić information content (AvgIpc) is 2.39. The summed E-state index contributed by atoms with van der Waals surface area (Å²) < 4.78 is 5.35. The van der Waals surface area contributed by atoms with E-state index >= 15 is 0 Å². The summed E-state index contributed by atoms with van der Waals surface area (Å²) in [5.74, 6) is 0.953. The summed E-state index contributed by atoms with van der Waals surface area (Å²) in [6.45, 7) is 2.24. The minimum atomic E-state index is 0.225. The van der Waals surface area contributed by atoms with Crippen molar-refractivity contribution in [3.05, 3.63) is 29.8 Å². The number of halogens is 1. The fraction of sp³-hybridized carbons (Fsp3) is 0.625. The maximum atomic E-state index is 6.40. The van der Waals surface area contributed by atoms with E-state index in [1.54, 1.807) is 7.11 Å². The molecule has 0 amide bonds. The van der Waals surface area contributed by atoms with Gasteiger partial charge in [-0.25, -0.2) is 0 Å². The summed E-state index contributed by atoms with van der Waals surface area (Å²) in [4.78, 5) is 0. The van der Waals surface area contributed by atoms with Crippen LogP contribution in [0.15, 0.2) is 24.3 Å². The van der Waals surface area contributed by atoms with Crippen molar-refractivity contribution in [1.29, 1.82) is 0 Å². The van der Waals surface area contributed by atoms with Gasteiger partial charge < -0.3 is 4.74 Å². The molecule has 0 radical (unpaired) electrons. The van der Waals surface area contributed by atoms with E-state index in [9.17, 15) is 0 Å². The quantitative estimate of drug-likeness (QED) is 0.441. The first-order chi connectivity index (χ1) is 8.77. The molecule has 1 nitrogen and oxygen atoms in total. The molecule has 1 aromatic carbocycles. The van der Waals surface area contributed by atoms with E-state index in [0.717, 1.165) is 18.6 Å². The van der Waals surface area contributed by atoms with E-state index in [0.29, 0.717) is 0 Å². The van der Waals surface area contributed by atoms with Crippen LogP contribution in [0.3, 0.4) is 0 Å². The van der Waals surface area contributed by atoms with Crippen molar-refractivity contribution in [2.75, 3.05) is 7.11 Å². The molecule has 0 fully saturated rings. The molecule has 18 heavy (non-hydrogen) atoms. The largest absolute Gasteiger partial charge is 0.496 e. The zero-order valence-corrected chi connectivity index (χ0v) is 12.4. The Kier molecular flexibility index (Phi) is 7.91. The molecule has 1 rings (SSSR count). The average molecular weight is 269 g/mol. The van der Waals surface area contributed by atoms with Gasteiger partial charge in [0.15, 0.2) is 0 Å². The normalized spacial score (nSPS) is 12.4. The monoisotopic (exact) mass is 268 g/mol. The van der Waals surface area contributed by atoms with Gasteiger partial charge in [0.2, 0.25) is 0 Å². The van der Waals surface area contributed by atoms with Gasteiger partial charge in [-0.2, -0.15) is 0 Å². The third kappa shape index (κ3) is 5.77. The highest BCUT2D eigenvalue weighted by Gasteiger charge is 2.09. The highest BCUT2D eigenvalue weighted by molar-refractivity contribution is 6.20. The van der Waals surface area contributed by atoms with Crippen molar-refractivity contribution >= 4 is 11.6 Å². The molecule has 0 spiro atoms. The van der Waals surface area contributed by atoms with Crippen LogP contribution in [0.1, 0.15) is 51.0 Å². The van der Waals surface area contributed by atoms with Crippen LogP contribution >= 0.6 is 11.6 Å². The van der Waals surface area contributed by atoms with Crippen molar-refractivity contribution in [2.24, 2.45) is 0 Å². The molecule has 0 heterocycles. The Bertz CT molecular complexity index is 325. The summed E-state index contributed by atoms with van der Waals surface area (Å²) in [6.07, 6.45) is 8.54. The molecule has 0 saturated carbocycles. The smallest absolute Gasteiger partial charge is 0.122 e.